The lowest BCUT2D eigenvalue weighted by atomic mass is 9.72. The van der Waals surface area contributed by atoms with Crippen LogP contribution in [0.3, 0.4) is 0 Å². The Kier molecular flexibility index (Phi) is 8.57. The Morgan fingerprint density at radius 3 is 1.57 bits per heavy atom. The van der Waals surface area contributed by atoms with Gasteiger partial charge >= 0.3 is 0 Å². The van der Waals surface area contributed by atoms with Crippen molar-refractivity contribution in [3.05, 3.63) is 208 Å². The third-order valence-electron chi connectivity index (χ3n) is 17.4. The molecule has 0 spiro atoms. The maximum absolute atomic E-state index is 7.01. The van der Waals surface area contributed by atoms with Gasteiger partial charge < -0.3 is 13.7 Å². The van der Waals surface area contributed by atoms with Crippen LogP contribution >= 0.6 is 0 Å². The van der Waals surface area contributed by atoms with E-state index in [4.69, 9.17) is 8.83 Å². The zero-order valence-electron chi connectivity index (χ0n) is 43.3. The van der Waals surface area contributed by atoms with E-state index in [0.717, 1.165) is 44.7 Å². The number of rotatable bonds is 4. The van der Waals surface area contributed by atoms with Gasteiger partial charge in [0.15, 0.2) is 0 Å². The van der Waals surface area contributed by atoms with Gasteiger partial charge in [0.2, 0.25) is 0 Å². The van der Waals surface area contributed by atoms with Crippen molar-refractivity contribution in [1.29, 1.82) is 0 Å². The van der Waals surface area contributed by atoms with E-state index in [9.17, 15) is 0 Å². The molecule has 0 atom stereocenters. The Morgan fingerprint density at radius 1 is 0.417 bits per heavy atom. The second-order valence-corrected chi connectivity index (χ2v) is 23.7. The fourth-order valence-electron chi connectivity index (χ4n) is 13.8. The minimum absolute atomic E-state index is 0.0605. The zero-order chi connectivity index (χ0) is 49.5. The van der Waals surface area contributed by atoms with Crippen molar-refractivity contribution in [2.45, 2.75) is 97.8 Å². The van der Waals surface area contributed by atoms with E-state index in [1.54, 1.807) is 0 Å². The van der Waals surface area contributed by atoms with Gasteiger partial charge in [0.25, 0.3) is 0 Å². The fraction of sp³-hybridized carbons (Fsp3) is 0.217. The number of hydrogen-bond donors (Lipinski definition) is 0. The molecule has 3 heteroatoms. The Bertz CT molecular complexity index is 4160. The first-order chi connectivity index (χ1) is 34.5. The molecule has 0 amide bonds. The van der Waals surface area contributed by atoms with Crippen molar-refractivity contribution in [3.63, 3.8) is 0 Å². The van der Waals surface area contributed by atoms with Crippen LogP contribution in [0.1, 0.15) is 112 Å². The fourth-order valence-corrected chi connectivity index (χ4v) is 13.8. The van der Waals surface area contributed by atoms with E-state index in [1.165, 1.54) is 111 Å². The van der Waals surface area contributed by atoms with Crippen molar-refractivity contribution in [3.8, 4) is 44.5 Å². The lowest BCUT2D eigenvalue weighted by Crippen LogP contribution is -2.24. The average Bonchev–Trinajstić information content (AvgIpc) is 4.11. The van der Waals surface area contributed by atoms with Gasteiger partial charge in [0.05, 0.1) is 5.69 Å². The van der Waals surface area contributed by atoms with Crippen LogP contribution in [0.15, 0.2) is 167 Å². The summed E-state index contributed by atoms with van der Waals surface area (Å²) in [5.41, 5.74) is 28.5. The van der Waals surface area contributed by atoms with Crippen molar-refractivity contribution in [1.82, 2.24) is 0 Å². The van der Waals surface area contributed by atoms with E-state index < -0.39 is 0 Å². The van der Waals surface area contributed by atoms with Crippen LogP contribution in [0.5, 0.6) is 0 Å². The summed E-state index contributed by atoms with van der Waals surface area (Å²) in [5.74, 6) is 0. The van der Waals surface area contributed by atoms with Gasteiger partial charge in [-0.2, -0.15) is 0 Å². The highest BCUT2D eigenvalue weighted by Gasteiger charge is 2.49. The predicted molar refractivity (Wildman–Crippen MR) is 302 cm³/mol. The van der Waals surface area contributed by atoms with Crippen LogP contribution in [0.4, 0.5) is 17.1 Å². The molecule has 3 nitrogen and oxygen atoms in total. The molecule has 9 aromatic carbocycles. The molecule has 11 aromatic rings. The molecular formula is C69H59NO2. The normalized spacial score (nSPS) is 15.5. The number of aryl methyl sites for hydroxylation is 2. The zero-order valence-corrected chi connectivity index (χ0v) is 43.3. The Balaban J connectivity index is 0.982. The van der Waals surface area contributed by atoms with E-state index in [0.29, 0.717) is 0 Å². The van der Waals surface area contributed by atoms with E-state index in [1.807, 2.05) is 0 Å². The van der Waals surface area contributed by atoms with Crippen LogP contribution in [-0.4, -0.2) is 0 Å². The maximum Gasteiger partial charge on any atom is 0.144 e. The molecule has 14 rings (SSSR count). The van der Waals surface area contributed by atoms with Gasteiger partial charge in [-0.3, -0.25) is 0 Å². The number of hydrogen-bond acceptors (Lipinski definition) is 3. The van der Waals surface area contributed by atoms with Gasteiger partial charge in [-0.1, -0.05) is 178 Å². The molecule has 2 aromatic heterocycles. The number of nitrogens with zero attached hydrogens (tertiary/aromatic N) is 1. The van der Waals surface area contributed by atoms with E-state index in [-0.39, 0.29) is 21.7 Å². The van der Waals surface area contributed by atoms with Crippen LogP contribution in [-0.2, 0) is 21.7 Å². The topological polar surface area (TPSA) is 29.5 Å². The molecule has 0 aliphatic heterocycles. The molecule has 0 radical (unpaired) electrons. The molecular weight excluding hydrogens is 875 g/mol. The third kappa shape index (κ3) is 5.57. The number of benzene rings is 9. The van der Waals surface area contributed by atoms with Crippen LogP contribution < -0.4 is 4.90 Å². The molecule has 0 saturated heterocycles. The summed E-state index contributed by atoms with van der Waals surface area (Å²) in [4.78, 5) is 2.54. The monoisotopic (exact) mass is 933 g/mol. The minimum atomic E-state index is -0.325. The van der Waals surface area contributed by atoms with Crippen LogP contribution in [0.25, 0.3) is 88.4 Å². The highest BCUT2D eigenvalue weighted by Crippen LogP contribution is 2.64. The largest absolute Gasteiger partial charge is 0.455 e. The lowest BCUT2D eigenvalue weighted by Gasteiger charge is -2.32. The molecule has 3 aliphatic carbocycles. The number of para-hydroxylation sites is 3. The molecule has 2 heterocycles. The second kappa shape index (κ2) is 14.3. The summed E-state index contributed by atoms with van der Waals surface area (Å²) >= 11 is 0. The van der Waals surface area contributed by atoms with Gasteiger partial charge in [-0.05, 0) is 145 Å². The Hall–Kier alpha value is -7.62. The first kappa shape index (κ1) is 43.2. The van der Waals surface area contributed by atoms with Crippen molar-refractivity contribution in [2.75, 3.05) is 4.90 Å². The van der Waals surface area contributed by atoms with E-state index >= 15 is 0 Å². The quantitative estimate of drug-likeness (QED) is 0.176. The van der Waals surface area contributed by atoms with E-state index in [2.05, 4.69) is 239 Å². The second-order valence-electron chi connectivity index (χ2n) is 23.7. The summed E-state index contributed by atoms with van der Waals surface area (Å²) < 4.78 is 13.9. The molecule has 0 bridgehead atoms. The first-order valence-corrected chi connectivity index (χ1v) is 25.8. The van der Waals surface area contributed by atoms with Crippen molar-refractivity contribution in [2.24, 2.45) is 0 Å². The highest BCUT2D eigenvalue weighted by atomic mass is 16.3. The highest BCUT2D eigenvalue weighted by molar-refractivity contribution is 6.21. The Morgan fingerprint density at radius 2 is 0.931 bits per heavy atom. The maximum atomic E-state index is 7.01. The van der Waals surface area contributed by atoms with Gasteiger partial charge in [-0.15, -0.1) is 0 Å². The summed E-state index contributed by atoms with van der Waals surface area (Å²) in [6.45, 7) is 25.9. The van der Waals surface area contributed by atoms with Gasteiger partial charge in [0, 0.05) is 60.3 Å². The third-order valence-corrected chi connectivity index (χ3v) is 17.4. The smallest absolute Gasteiger partial charge is 0.144 e. The minimum Gasteiger partial charge on any atom is -0.455 e. The lowest BCUT2D eigenvalue weighted by molar-refractivity contribution is 0.590. The first-order valence-electron chi connectivity index (χ1n) is 25.8. The molecule has 0 saturated carbocycles. The standard InChI is InChI=1S/C69H59NO2/c1-38-19-18-20-39(2)63(38)70(42-31-33-45-51(35-42)67(6,7)53-37-49(40-27-29-41(30-28-40)66(3,4)5)64-58(56(45)53)47-22-13-16-25-54(47)71-64)43-32-34-46-52(36-43)69(10,11)61-57(46)59-48-23-14-17-26-55(48)72-65(59)60-44-21-12-15-24-50(44)68(8,9)62(60)61/h12-37H,1-11H3. The van der Waals surface area contributed by atoms with Gasteiger partial charge in [0.1, 0.15) is 22.3 Å². The molecule has 0 unspecified atom stereocenters. The number of fused-ring (bicyclic) bond motifs is 19. The predicted octanol–water partition coefficient (Wildman–Crippen LogP) is 19.5. The summed E-state index contributed by atoms with van der Waals surface area (Å²) in [7, 11) is 0. The molecule has 3 aliphatic rings. The average molecular weight is 934 g/mol. The number of furan rings is 2. The molecule has 352 valence electrons. The van der Waals surface area contributed by atoms with Crippen LogP contribution in [0, 0.1) is 13.8 Å². The number of anilines is 3. The summed E-state index contributed by atoms with van der Waals surface area (Å²) in [6.07, 6.45) is 0. The molecule has 72 heavy (non-hydrogen) atoms. The SMILES string of the molecule is Cc1cccc(C)c1N(c1ccc2c(c1)C(C)(C)c1cc(-c3ccc(C(C)(C)C)cc3)c3oc4ccccc4c3c1-2)c1ccc2c(c1)C(C)(C)c1c3c(c4oc5ccccc5c4c1-2)-c1ccccc1C3(C)C. The van der Waals surface area contributed by atoms with Crippen molar-refractivity contribution >= 4 is 60.9 Å². The summed E-state index contributed by atoms with van der Waals surface area (Å²) in [5, 5.41) is 4.75. The Labute approximate surface area is 422 Å². The van der Waals surface area contributed by atoms with Gasteiger partial charge in [-0.25, -0.2) is 0 Å². The molecule has 0 N–H and O–H groups in total. The summed E-state index contributed by atoms with van der Waals surface area (Å²) in [6, 6.07) is 59.1. The molecule has 0 fully saturated rings. The van der Waals surface area contributed by atoms with Crippen molar-refractivity contribution < 1.29 is 8.83 Å². The van der Waals surface area contributed by atoms with Crippen LogP contribution in [0.2, 0.25) is 0 Å².